The molecule has 5 nitrogen and oxygen atoms in total. The Bertz CT molecular complexity index is 863. The smallest absolute Gasteiger partial charge is 0.416 e. The van der Waals surface area contributed by atoms with Gasteiger partial charge in [-0.2, -0.15) is 18.4 Å². The van der Waals surface area contributed by atoms with Gasteiger partial charge in [0.15, 0.2) is 0 Å². The topological polar surface area (TPSA) is 72.1 Å². The Balaban J connectivity index is 2.69. The molecule has 120 valence electrons. The zero-order valence-corrected chi connectivity index (χ0v) is 12.0. The van der Waals surface area contributed by atoms with Gasteiger partial charge < -0.3 is 9.30 Å². The van der Waals surface area contributed by atoms with Gasteiger partial charge in [0, 0.05) is 11.6 Å². The molecule has 0 aliphatic heterocycles. The summed E-state index contributed by atoms with van der Waals surface area (Å²) in [6.07, 6.45) is -3.48. The first kappa shape index (κ1) is 16.5. The molecule has 1 heterocycles. The van der Waals surface area contributed by atoms with Crippen LogP contribution in [-0.2, 0) is 22.3 Å². The molecule has 0 aliphatic rings. The van der Waals surface area contributed by atoms with Gasteiger partial charge in [-0.1, -0.05) is 0 Å². The van der Waals surface area contributed by atoms with Gasteiger partial charge in [-0.15, -0.1) is 0 Å². The van der Waals surface area contributed by atoms with Crippen LogP contribution in [0.2, 0.25) is 0 Å². The minimum absolute atomic E-state index is 0.120. The first-order valence-corrected chi connectivity index (χ1v) is 6.58. The van der Waals surface area contributed by atoms with Gasteiger partial charge in [0.25, 0.3) is 0 Å². The third-order valence-corrected chi connectivity index (χ3v) is 3.13. The number of nitrogens with zero attached hydrogens (tertiary/aromatic N) is 2. The number of ether oxygens (including phenoxy) is 1. The highest BCUT2D eigenvalue weighted by molar-refractivity contribution is 5.82. The van der Waals surface area contributed by atoms with Crippen LogP contribution in [0.1, 0.15) is 18.1 Å². The monoisotopic (exact) mass is 324 g/mol. The Morgan fingerprint density at radius 3 is 2.65 bits per heavy atom. The molecule has 0 fully saturated rings. The number of nitriles is 1. The van der Waals surface area contributed by atoms with Crippen LogP contribution in [0.25, 0.3) is 10.9 Å². The fourth-order valence-corrected chi connectivity index (χ4v) is 2.13. The molecule has 0 saturated carbocycles. The molecule has 23 heavy (non-hydrogen) atoms. The van der Waals surface area contributed by atoms with E-state index in [0.29, 0.717) is 6.07 Å². The Labute approximate surface area is 128 Å². The first-order chi connectivity index (χ1) is 10.8. The van der Waals surface area contributed by atoms with E-state index in [0.717, 1.165) is 18.3 Å². The lowest BCUT2D eigenvalue weighted by atomic mass is 10.1. The van der Waals surface area contributed by atoms with Gasteiger partial charge in [-0.3, -0.25) is 9.59 Å². The average Bonchev–Trinajstić information content (AvgIpc) is 2.49. The van der Waals surface area contributed by atoms with Crippen molar-refractivity contribution in [2.75, 3.05) is 6.61 Å². The van der Waals surface area contributed by atoms with E-state index in [1.54, 1.807) is 13.0 Å². The Morgan fingerprint density at radius 2 is 2.09 bits per heavy atom. The molecule has 2 rings (SSSR count). The predicted octanol–water partition coefficient (Wildman–Crippen LogP) is 2.46. The number of halogens is 3. The number of hydrogen-bond acceptors (Lipinski definition) is 4. The maximum atomic E-state index is 12.8. The highest BCUT2D eigenvalue weighted by atomic mass is 19.4. The summed E-state index contributed by atoms with van der Waals surface area (Å²) in [5.41, 5.74) is -2.04. The van der Waals surface area contributed by atoms with Gasteiger partial charge in [0.2, 0.25) is 5.43 Å². The molecular formula is C15H11F3N2O3. The van der Waals surface area contributed by atoms with Crippen molar-refractivity contribution in [1.29, 1.82) is 5.26 Å². The van der Waals surface area contributed by atoms with E-state index in [9.17, 15) is 22.8 Å². The highest BCUT2D eigenvalue weighted by Gasteiger charge is 2.31. The molecule has 0 bridgehead atoms. The van der Waals surface area contributed by atoms with E-state index in [-0.39, 0.29) is 29.6 Å². The number of pyridine rings is 1. The third kappa shape index (κ3) is 3.34. The molecule has 1 aromatic heterocycles. The second kappa shape index (κ2) is 6.12. The SMILES string of the molecule is CCOC(=O)Cn1cc(C#N)c(=O)c2cc(C(F)(F)F)ccc21. The van der Waals surface area contributed by atoms with E-state index in [2.05, 4.69) is 0 Å². The van der Waals surface area contributed by atoms with Crippen LogP contribution in [-0.4, -0.2) is 17.1 Å². The number of fused-ring (bicyclic) bond motifs is 1. The first-order valence-electron chi connectivity index (χ1n) is 6.58. The van der Waals surface area contributed by atoms with Crippen LogP contribution in [0.3, 0.4) is 0 Å². The van der Waals surface area contributed by atoms with Crippen LogP contribution in [0.4, 0.5) is 13.2 Å². The molecule has 0 saturated heterocycles. The van der Waals surface area contributed by atoms with Crippen molar-refractivity contribution in [3.05, 3.63) is 45.7 Å². The molecule has 0 atom stereocenters. The fourth-order valence-electron chi connectivity index (χ4n) is 2.13. The summed E-state index contributed by atoms with van der Waals surface area (Å²) in [5, 5.41) is 8.69. The van der Waals surface area contributed by atoms with E-state index in [1.807, 2.05) is 0 Å². The fraction of sp³-hybridized carbons (Fsp3) is 0.267. The minimum Gasteiger partial charge on any atom is -0.465 e. The van der Waals surface area contributed by atoms with Gasteiger partial charge in [-0.25, -0.2) is 0 Å². The second-order valence-corrected chi connectivity index (χ2v) is 4.65. The van der Waals surface area contributed by atoms with Crippen LogP contribution >= 0.6 is 0 Å². The summed E-state index contributed by atoms with van der Waals surface area (Å²) in [5.74, 6) is -0.624. The lowest BCUT2D eigenvalue weighted by Gasteiger charge is -2.13. The highest BCUT2D eigenvalue weighted by Crippen LogP contribution is 2.30. The minimum atomic E-state index is -4.62. The van der Waals surface area contributed by atoms with E-state index in [1.165, 1.54) is 4.57 Å². The average molecular weight is 324 g/mol. The molecule has 2 aromatic rings. The number of carbonyl (C=O) groups is 1. The van der Waals surface area contributed by atoms with Gasteiger partial charge in [-0.05, 0) is 25.1 Å². The molecular weight excluding hydrogens is 313 g/mol. The molecule has 0 spiro atoms. The van der Waals surface area contributed by atoms with Crippen LogP contribution in [0.15, 0.2) is 29.2 Å². The lowest BCUT2D eigenvalue weighted by Crippen LogP contribution is -2.19. The van der Waals surface area contributed by atoms with E-state index in [4.69, 9.17) is 10.00 Å². The maximum Gasteiger partial charge on any atom is 0.416 e. The summed E-state index contributed by atoms with van der Waals surface area (Å²) >= 11 is 0. The molecule has 0 radical (unpaired) electrons. The number of carbonyl (C=O) groups excluding carboxylic acids is 1. The van der Waals surface area contributed by atoms with Crippen molar-refractivity contribution in [1.82, 2.24) is 4.57 Å². The van der Waals surface area contributed by atoms with Crippen LogP contribution in [0, 0.1) is 11.3 Å². The quantitative estimate of drug-likeness (QED) is 0.813. The normalized spacial score (nSPS) is 11.3. The molecule has 8 heteroatoms. The molecule has 0 unspecified atom stereocenters. The molecule has 0 amide bonds. The number of alkyl halides is 3. The van der Waals surface area contributed by atoms with E-state index < -0.39 is 23.1 Å². The van der Waals surface area contributed by atoms with Gasteiger partial charge in [0.1, 0.15) is 18.2 Å². The van der Waals surface area contributed by atoms with Crippen LogP contribution < -0.4 is 5.43 Å². The maximum absolute atomic E-state index is 12.8. The summed E-state index contributed by atoms with van der Waals surface area (Å²) in [6, 6.07) is 4.22. The molecule has 0 N–H and O–H groups in total. The lowest BCUT2D eigenvalue weighted by molar-refractivity contribution is -0.143. The molecule has 1 aromatic carbocycles. The van der Waals surface area contributed by atoms with Crippen molar-refractivity contribution in [3.63, 3.8) is 0 Å². The third-order valence-electron chi connectivity index (χ3n) is 3.13. The summed E-state index contributed by atoms with van der Waals surface area (Å²) in [4.78, 5) is 23.7. The Hall–Kier alpha value is -2.82. The zero-order valence-electron chi connectivity index (χ0n) is 12.0. The second-order valence-electron chi connectivity index (χ2n) is 4.65. The van der Waals surface area contributed by atoms with Gasteiger partial charge >= 0.3 is 12.1 Å². The number of aromatic nitrogens is 1. The number of esters is 1. The van der Waals surface area contributed by atoms with Crippen molar-refractivity contribution >= 4 is 16.9 Å². The summed E-state index contributed by atoms with van der Waals surface area (Å²) < 4.78 is 44.4. The summed E-state index contributed by atoms with van der Waals surface area (Å²) in [6.45, 7) is 1.43. The Kier molecular flexibility index (Phi) is 4.40. The number of rotatable bonds is 3. The van der Waals surface area contributed by atoms with Gasteiger partial charge in [0.05, 0.1) is 17.7 Å². The van der Waals surface area contributed by atoms with Crippen molar-refractivity contribution in [2.24, 2.45) is 0 Å². The largest absolute Gasteiger partial charge is 0.465 e. The zero-order chi connectivity index (χ0) is 17.2. The van der Waals surface area contributed by atoms with Crippen molar-refractivity contribution in [3.8, 4) is 6.07 Å². The number of benzene rings is 1. The van der Waals surface area contributed by atoms with Crippen molar-refractivity contribution < 1.29 is 22.7 Å². The predicted molar refractivity (Wildman–Crippen MR) is 74.6 cm³/mol. The summed E-state index contributed by atoms with van der Waals surface area (Å²) in [7, 11) is 0. The molecule has 0 aliphatic carbocycles. The van der Waals surface area contributed by atoms with Crippen LogP contribution in [0.5, 0.6) is 0 Å². The van der Waals surface area contributed by atoms with E-state index >= 15 is 0 Å². The van der Waals surface area contributed by atoms with Crippen molar-refractivity contribution in [2.45, 2.75) is 19.6 Å². The Morgan fingerprint density at radius 1 is 1.39 bits per heavy atom. The standard InChI is InChI=1S/C15H11F3N2O3/c1-2-23-13(21)8-20-7-9(6-19)14(22)11-5-10(15(16,17)18)3-4-12(11)20/h3-5,7H,2,8H2,1H3. The number of hydrogen-bond donors (Lipinski definition) is 0.